The van der Waals surface area contributed by atoms with E-state index in [0.29, 0.717) is 23.1 Å². The molecule has 0 radical (unpaired) electrons. The summed E-state index contributed by atoms with van der Waals surface area (Å²) in [7, 11) is 1.34. The quantitative estimate of drug-likeness (QED) is 0.179. The Bertz CT molecular complexity index is 1970. The smallest absolute Gasteiger partial charge is 0.262 e. The van der Waals surface area contributed by atoms with E-state index in [0.717, 1.165) is 6.07 Å². The van der Waals surface area contributed by atoms with Crippen molar-refractivity contribution >= 4 is 32.7 Å². The Hall–Kier alpha value is -4.70. The van der Waals surface area contributed by atoms with Crippen LogP contribution in [0.3, 0.4) is 0 Å². The molecule has 5 aromatic rings. The largest absolute Gasteiger partial charge is 0.506 e. The number of hydrogen-bond donors (Lipinski definition) is 5. The number of aromatic nitrogens is 1. The Morgan fingerprint density at radius 1 is 0.947 bits per heavy atom. The summed E-state index contributed by atoms with van der Waals surface area (Å²) in [5, 5.41) is 53.8. The number of methoxy groups -OCH3 is 1. The molecule has 6 rings (SSSR count). The zero-order chi connectivity index (χ0) is 27.0. The fraction of sp³-hybridized carbons (Fsp3) is 0.214. The fourth-order valence-electron chi connectivity index (χ4n) is 5.59. The van der Waals surface area contributed by atoms with Crippen LogP contribution in [0.5, 0.6) is 28.7 Å². The van der Waals surface area contributed by atoms with E-state index in [2.05, 4.69) is 0 Å². The van der Waals surface area contributed by atoms with Gasteiger partial charge in [-0.05, 0) is 48.9 Å². The molecule has 1 aliphatic carbocycles. The highest BCUT2D eigenvalue weighted by Crippen LogP contribution is 2.52. The number of fused-ring (bicyclic) bond motifs is 6. The lowest BCUT2D eigenvalue weighted by atomic mass is 9.81. The van der Waals surface area contributed by atoms with Crippen molar-refractivity contribution in [2.24, 2.45) is 0 Å². The summed E-state index contributed by atoms with van der Waals surface area (Å²) in [5.74, 6) is -1.52. The van der Waals surface area contributed by atoms with Crippen molar-refractivity contribution in [2.75, 3.05) is 13.7 Å². The summed E-state index contributed by atoms with van der Waals surface area (Å²) in [4.78, 5) is 26.8. The average molecular weight is 517 g/mol. The van der Waals surface area contributed by atoms with Gasteiger partial charge in [0.05, 0.1) is 24.5 Å². The molecular weight excluding hydrogens is 494 g/mol. The Morgan fingerprint density at radius 3 is 2.39 bits per heavy atom. The van der Waals surface area contributed by atoms with Gasteiger partial charge in [-0.1, -0.05) is 0 Å². The van der Waals surface area contributed by atoms with Gasteiger partial charge in [0.15, 0.2) is 22.8 Å². The second-order valence-electron chi connectivity index (χ2n) is 9.40. The van der Waals surface area contributed by atoms with Gasteiger partial charge < -0.3 is 39.3 Å². The monoisotopic (exact) mass is 517 g/mol. The first-order chi connectivity index (χ1) is 18.2. The normalized spacial score (nSPS) is 12.7. The van der Waals surface area contributed by atoms with Gasteiger partial charge in [0.2, 0.25) is 5.43 Å². The summed E-state index contributed by atoms with van der Waals surface area (Å²) in [6, 6.07) is 5.95. The minimum atomic E-state index is -0.705. The molecule has 1 aliphatic rings. The number of phenols is 4. The van der Waals surface area contributed by atoms with E-state index in [4.69, 9.17) is 9.15 Å². The third kappa shape index (κ3) is 3.04. The SMILES string of the molecule is COc1cc2oc3c(O)c4c(c(O)c3c(=O)c2cc1O)-c1c(cc2cc(C)n(CCO)c(=O)c2c1O)CC4. The van der Waals surface area contributed by atoms with Crippen molar-refractivity contribution in [3.8, 4) is 39.9 Å². The van der Waals surface area contributed by atoms with Gasteiger partial charge in [-0.15, -0.1) is 0 Å². The van der Waals surface area contributed by atoms with Gasteiger partial charge in [-0.2, -0.15) is 0 Å². The summed E-state index contributed by atoms with van der Waals surface area (Å²) >= 11 is 0. The highest BCUT2D eigenvalue weighted by molar-refractivity contribution is 6.06. The van der Waals surface area contributed by atoms with Crippen molar-refractivity contribution in [1.82, 2.24) is 4.57 Å². The van der Waals surface area contributed by atoms with Gasteiger partial charge in [-0.25, -0.2) is 0 Å². The minimum Gasteiger partial charge on any atom is -0.506 e. The lowest BCUT2D eigenvalue weighted by Crippen LogP contribution is -2.24. The van der Waals surface area contributed by atoms with Crippen LogP contribution in [0.15, 0.2) is 38.3 Å². The predicted octanol–water partition coefficient (Wildman–Crippen LogP) is 3.16. The topological polar surface area (TPSA) is 163 Å². The molecule has 38 heavy (non-hydrogen) atoms. The number of aliphatic hydroxyl groups excluding tert-OH is 1. The van der Waals surface area contributed by atoms with Crippen LogP contribution in [0.2, 0.25) is 0 Å². The van der Waals surface area contributed by atoms with Crippen LogP contribution in [0.4, 0.5) is 0 Å². The Kier molecular flexibility index (Phi) is 5.08. The molecule has 0 fully saturated rings. The maximum atomic E-state index is 13.5. The Balaban J connectivity index is 1.75. The molecule has 3 aromatic carbocycles. The maximum Gasteiger partial charge on any atom is 0.262 e. The molecule has 0 spiro atoms. The van der Waals surface area contributed by atoms with E-state index in [1.54, 1.807) is 19.1 Å². The number of nitrogens with zero attached hydrogens (tertiary/aromatic N) is 1. The number of phenolic OH excluding ortho intramolecular Hbond substituents is 4. The molecular formula is C28H23NO9. The van der Waals surface area contributed by atoms with Gasteiger partial charge >= 0.3 is 0 Å². The first-order valence-electron chi connectivity index (χ1n) is 11.9. The molecule has 0 saturated carbocycles. The number of rotatable bonds is 3. The molecule has 0 unspecified atom stereocenters. The van der Waals surface area contributed by atoms with Crippen LogP contribution in [0.1, 0.15) is 16.8 Å². The van der Waals surface area contributed by atoms with E-state index >= 15 is 0 Å². The van der Waals surface area contributed by atoms with Gasteiger partial charge in [0.25, 0.3) is 5.56 Å². The van der Waals surface area contributed by atoms with Crippen LogP contribution in [-0.4, -0.2) is 43.8 Å². The van der Waals surface area contributed by atoms with Gasteiger partial charge in [-0.3, -0.25) is 9.59 Å². The molecule has 0 atom stereocenters. The highest BCUT2D eigenvalue weighted by Gasteiger charge is 2.32. The summed E-state index contributed by atoms with van der Waals surface area (Å²) in [6.07, 6.45) is 0.645. The number of pyridine rings is 1. The third-order valence-corrected chi connectivity index (χ3v) is 7.35. The van der Waals surface area contributed by atoms with Crippen LogP contribution in [-0.2, 0) is 19.4 Å². The van der Waals surface area contributed by atoms with E-state index in [1.165, 1.54) is 17.7 Å². The van der Waals surface area contributed by atoms with E-state index in [1.807, 2.05) is 0 Å². The predicted molar refractivity (Wildman–Crippen MR) is 140 cm³/mol. The summed E-state index contributed by atoms with van der Waals surface area (Å²) in [5.41, 5.74) is 0.256. The van der Waals surface area contributed by atoms with Crippen LogP contribution < -0.4 is 15.7 Å². The van der Waals surface area contributed by atoms with Crippen LogP contribution in [0, 0.1) is 6.92 Å². The maximum absolute atomic E-state index is 13.5. The van der Waals surface area contributed by atoms with E-state index in [-0.39, 0.29) is 80.8 Å². The molecule has 10 nitrogen and oxygen atoms in total. The highest BCUT2D eigenvalue weighted by atomic mass is 16.5. The standard InChI is InChI=1S/C28H23NO9/c1-11-7-13-8-12-3-4-14-21(19(12)25(34)20(13)28(36)29(11)5-6-30)26(35)22-23(32)15-9-16(31)18(37-2)10-17(15)38-27(22)24(14)33/h7-10,30-31,33-35H,3-6H2,1-2H3. The minimum absolute atomic E-state index is 0.00259. The number of hydrogen-bond acceptors (Lipinski definition) is 9. The molecule has 0 aliphatic heterocycles. The zero-order valence-corrected chi connectivity index (χ0v) is 20.5. The molecule has 5 N–H and O–H groups in total. The third-order valence-electron chi connectivity index (χ3n) is 7.35. The lowest BCUT2D eigenvalue weighted by molar-refractivity contribution is 0.273. The molecule has 0 saturated heterocycles. The second-order valence-corrected chi connectivity index (χ2v) is 9.40. The Labute approximate surface area is 213 Å². The summed E-state index contributed by atoms with van der Waals surface area (Å²) < 4.78 is 12.3. The van der Waals surface area contributed by atoms with E-state index < -0.39 is 22.5 Å². The average Bonchev–Trinajstić information content (AvgIpc) is 2.89. The number of aryl methyl sites for hydroxylation is 2. The zero-order valence-electron chi connectivity index (χ0n) is 20.5. The number of benzene rings is 3. The van der Waals surface area contributed by atoms with Crippen molar-refractivity contribution in [3.05, 3.63) is 61.7 Å². The molecule has 2 aromatic heterocycles. The van der Waals surface area contributed by atoms with E-state index in [9.17, 15) is 35.1 Å². The van der Waals surface area contributed by atoms with Crippen molar-refractivity contribution in [1.29, 1.82) is 0 Å². The van der Waals surface area contributed by atoms with Gasteiger partial charge in [0.1, 0.15) is 22.5 Å². The first kappa shape index (κ1) is 23.7. The number of ether oxygens (including phenoxy) is 1. The molecule has 10 heteroatoms. The fourth-order valence-corrected chi connectivity index (χ4v) is 5.59. The molecule has 0 bridgehead atoms. The van der Waals surface area contributed by atoms with Crippen LogP contribution in [0.25, 0.3) is 43.8 Å². The Morgan fingerprint density at radius 2 is 1.68 bits per heavy atom. The summed E-state index contributed by atoms with van der Waals surface area (Å²) in [6.45, 7) is 1.50. The molecule has 194 valence electrons. The second kappa shape index (κ2) is 8.15. The first-order valence-corrected chi connectivity index (χ1v) is 11.9. The van der Waals surface area contributed by atoms with Crippen molar-refractivity contribution in [2.45, 2.75) is 26.3 Å². The van der Waals surface area contributed by atoms with Crippen molar-refractivity contribution in [3.63, 3.8) is 0 Å². The van der Waals surface area contributed by atoms with Crippen LogP contribution >= 0.6 is 0 Å². The molecule has 0 amide bonds. The van der Waals surface area contributed by atoms with Crippen molar-refractivity contribution < 1.29 is 34.7 Å². The number of aliphatic hydroxyl groups is 1. The lowest BCUT2D eigenvalue weighted by Gasteiger charge is -2.25. The van der Waals surface area contributed by atoms with Gasteiger partial charge in [0, 0.05) is 35.0 Å². The number of aromatic hydroxyl groups is 4. The molecule has 2 heterocycles.